The monoisotopic (exact) mass is 203 g/mol. The minimum atomic E-state index is 0.157. The van der Waals surface area contributed by atoms with Crippen molar-refractivity contribution >= 4 is 5.65 Å². The van der Waals surface area contributed by atoms with Crippen molar-refractivity contribution < 1.29 is 0 Å². The predicted molar refractivity (Wildman–Crippen MR) is 61.8 cm³/mol. The molecule has 0 aliphatic rings. The van der Waals surface area contributed by atoms with E-state index in [1.54, 1.807) is 0 Å². The van der Waals surface area contributed by atoms with Crippen molar-refractivity contribution in [3.8, 4) is 0 Å². The Morgan fingerprint density at radius 3 is 2.67 bits per heavy atom. The van der Waals surface area contributed by atoms with E-state index in [9.17, 15) is 0 Å². The number of nitrogens with two attached hydrogens (primary N) is 1. The van der Waals surface area contributed by atoms with Crippen molar-refractivity contribution in [3.63, 3.8) is 0 Å². The molecule has 0 radical (unpaired) electrons. The summed E-state index contributed by atoms with van der Waals surface area (Å²) in [6.07, 6.45) is 3.96. The predicted octanol–water partition coefficient (Wildman–Crippen LogP) is 2.09. The highest BCUT2D eigenvalue weighted by atomic mass is 15.0. The Bertz CT molecular complexity index is 477. The number of fused-ring (bicyclic) bond motifs is 1. The maximum atomic E-state index is 5.66. The number of nitrogens with zero attached hydrogens (tertiary/aromatic N) is 2. The van der Waals surface area contributed by atoms with Crippen molar-refractivity contribution in [3.05, 3.63) is 35.8 Å². The largest absolute Gasteiger partial charge is 0.325 e. The third-order valence-electron chi connectivity index (χ3n) is 2.66. The second-order valence-electron chi connectivity index (χ2n) is 4.85. The van der Waals surface area contributed by atoms with Crippen molar-refractivity contribution in [1.29, 1.82) is 0 Å². The van der Waals surface area contributed by atoms with Gasteiger partial charge in [-0.25, -0.2) is 4.98 Å². The standard InChI is InChI=1S/C12H17N3/c1-12(2,3)9-4-5-11-14-7-10(6-13)15(11)8-9/h4-5,7-8H,6,13H2,1-3H3. The third kappa shape index (κ3) is 1.75. The van der Waals surface area contributed by atoms with Gasteiger partial charge in [0.15, 0.2) is 0 Å². The van der Waals surface area contributed by atoms with E-state index in [2.05, 4.69) is 42.4 Å². The molecule has 0 unspecified atom stereocenters. The minimum Gasteiger partial charge on any atom is -0.325 e. The average Bonchev–Trinajstić information content (AvgIpc) is 2.57. The summed E-state index contributed by atoms with van der Waals surface area (Å²) in [5, 5.41) is 0. The molecule has 2 N–H and O–H groups in total. The van der Waals surface area contributed by atoms with Crippen molar-refractivity contribution in [2.75, 3.05) is 0 Å². The Kier molecular flexibility index (Phi) is 2.27. The van der Waals surface area contributed by atoms with Crippen LogP contribution in [-0.2, 0) is 12.0 Å². The van der Waals surface area contributed by atoms with Gasteiger partial charge >= 0.3 is 0 Å². The molecule has 0 bridgehead atoms. The minimum absolute atomic E-state index is 0.157. The summed E-state index contributed by atoms with van der Waals surface area (Å²) in [6.45, 7) is 7.13. The summed E-state index contributed by atoms with van der Waals surface area (Å²) in [6, 6.07) is 4.17. The lowest BCUT2D eigenvalue weighted by molar-refractivity contribution is 0.586. The molecule has 0 aliphatic carbocycles. The quantitative estimate of drug-likeness (QED) is 0.771. The van der Waals surface area contributed by atoms with E-state index < -0.39 is 0 Å². The third-order valence-corrected chi connectivity index (χ3v) is 2.66. The van der Waals surface area contributed by atoms with Gasteiger partial charge < -0.3 is 10.1 Å². The lowest BCUT2D eigenvalue weighted by atomic mass is 9.88. The summed E-state index contributed by atoms with van der Waals surface area (Å²) in [4.78, 5) is 4.30. The van der Waals surface area contributed by atoms with E-state index in [4.69, 9.17) is 5.73 Å². The smallest absolute Gasteiger partial charge is 0.136 e. The number of imidazole rings is 1. The van der Waals surface area contributed by atoms with Gasteiger partial charge in [-0.1, -0.05) is 26.8 Å². The zero-order valence-electron chi connectivity index (χ0n) is 9.49. The topological polar surface area (TPSA) is 43.3 Å². The van der Waals surface area contributed by atoms with Crippen molar-refractivity contribution in [1.82, 2.24) is 9.38 Å². The number of hydrogen-bond donors (Lipinski definition) is 1. The lowest BCUT2D eigenvalue weighted by Gasteiger charge is -2.19. The first-order chi connectivity index (χ1) is 7.02. The highest BCUT2D eigenvalue weighted by Crippen LogP contribution is 2.22. The number of aromatic nitrogens is 2. The van der Waals surface area contributed by atoms with Gasteiger partial charge in [-0.15, -0.1) is 0 Å². The van der Waals surface area contributed by atoms with E-state index in [0.717, 1.165) is 11.3 Å². The van der Waals surface area contributed by atoms with Gasteiger partial charge in [-0.2, -0.15) is 0 Å². The Morgan fingerprint density at radius 1 is 1.33 bits per heavy atom. The Balaban J connectivity index is 2.63. The second kappa shape index (κ2) is 3.35. The summed E-state index contributed by atoms with van der Waals surface area (Å²) in [7, 11) is 0. The highest BCUT2D eigenvalue weighted by molar-refractivity contribution is 5.43. The molecule has 0 atom stereocenters. The van der Waals surface area contributed by atoms with Gasteiger partial charge in [0, 0.05) is 12.7 Å². The van der Waals surface area contributed by atoms with Crippen LogP contribution in [0.25, 0.3) is 5.65 Å². The Labute approximate surface area is 89.9 Å². The second-order valence-corrected chi connectivity index (χ2v) is 4.85. The first-order valence-corrected chi connectivity index (χ1v) is 5.19. The Hall–Kier alpha value is -1.35. The molecule has 15 heavy (non-hydrogen) atoms. The van der Waals surface area contributed by atoms with Crippen LogP contribution >= 0.6 is 0 Å². The zero-order chi connectivity index (χ0) is 11.1. The molecule has 0 spiro atoms. The van der Waals surface area contributed by atoms with Gasteiger partial charge in [-0.05, 0) is 17.0 Å². The summed E-state index contributed by atoms with van der Waals surface area (Å²) < 4.78 is 2.07. The maximum absolute atomic E-state index is 5.66. The normalized spacial score (nSPS) is 12.3. The number of hydrogen-bond acceptors (Lipinski definition) is 2. The molecule has 0 aromatic carbocycles. The molecule has 2 aromatic heterocycles. The van der Waals surface area contributed by atoms with E-state index in [1.165, 1.54) is 5.56 Å². The molecule has 2 rings (SSSR count). The summed E-state index contributed by atoms with van der Waals surface area (Å²) >= 11 is 0. The summed E-state index contributed by atoms with van der Waals surface area (Å²) in [5.41, 5.74) is 9.12. The lowest BCUT2D eigenvalue weighted by Crippen LogP contribution is -2.12. The van der Waals surface area contributed by atoms with Gasteiger partial charge in [0.2, 0.25) is 0 Å². The van der Waals surface area contributed by atoms with Crippen LogP contribution in [0.2, 0.25) is 0 Å². The Morgan fingerprint density at radius 2 is 2.07 bits per heavy atom. The molecule has 3 nitrogen and oxygen atoms in total. The van der Waals surface area contributed by atoms with Crippen LogP contribution in [0.3, 0.4) is 0 Å². The molecule has 80 valence electrons. The first kappa shape index (κ1) is 10.2. The van der Waals surface area contributed by atoms with Crippen LogP contribution in [0, 0.1) is 0 Å². The first-order valence-electron chi connectivity index (χ1n) is 5.19. The average molecular weight is 203 g/mol. The van der Waals surface area contributed by atoms with E-state index >= 15 is 0 Å². The van der Waals surface area contributed by atoms with Gasteiger partial charge in [-0.3, -0.25) is 0 Å². The van der Waals surface area contributed by atoms with Crippen LogP contribution < -0.4 is 5.73 Å². The molecule has 0 aliphatic heterocycles. The molecule has 2 aromatic rings. The highest BCUT2D eigenvalue weighted by Gasteiger charge is 2.14. The zero-order valence-corrected chi connectivity index (χ0v) is 9.49. The fourth-order valence-corrected chi connectivity index (χ4v) is 1.63. The SMILES string of the molecule is CC(C)(C)c1ccc2ncc(CN)n2c1. The molecule has 2 heterocycles. The van der Waals surface area contributed by atoms with Crippen LogP contribution in [-0.4, -0.2) is 9.38 Å². The fourth-order valence-electron chi connectivity index (χ4n) is 1.63. The molecular weight excluding hydrogens is 186 g/mol. The molecule has 0 saturated heterocycles. The maximum Gasteiger partial charge on any atom is 0.136 e. The molecule has 0 amide bonds. The van der Waals surface area contributed by atoms with Gasteiger partial charge in [0.1, 0.15) is 5.65 Å². The van der Waals surface area contributed by atoms with Gasteiger partial charge in [0.25, 0.3) is 0 Å². The molecular formula is C12H17N3. The number of rotatable bonds is 1. The van der Waals surface area contributed by atoms with Crippen LogP contribution in [0.5, 0.6) is 0 Å². The van der Waals surface area contributed by atoms with Crippen molar-refractivity contribution in [2.45, 2.75) is 32.7 Å². The van der Waals surface area contributed by atoms with E-state index in [0.29, 0.717) is 6.54 Å². The molecule has 0 saturated carbocycles. The fraction of sp³-hybridized carbons (Fsp3) is 0.417. The van der Waals surface area contributed by atoms with Crippen LogP contribution in [0.4, 0.5) is 0 Å². The number of pyridine rings is 1. The summed E-state index contributed by atoms with van der Waals surface area (Å²) in [5.74, 6) is 0. The molecule has 0 fully saturated rings. The van der Waals surface area contributed by atoms with Gasteiger partial charge in [0.05, 0.1) is 11.9 Å². The van der Waals surface area contributed by atoms with Crippen LogP contribution in [0.15, 0.2) is 24.5 Å². The molecule has 3 heteroatoms. The van der Waals surface area contributed by atoms with E-state index in [-0.39, 0.29) is 5.41 Å². The van der Waals surface area contributed by atoms with Crippen molar-refractivity contribution in [2.24, 2.45) is 5.73 Å². The van der Waals surface area contributed by atoms with Crippen LogP contribution in [0.1, 0.15) is 32.0 Å². The van der Waals surface area contributed by atoms with E-state index in [1.807, 2.05) is 12.3 Å².